The van der Waals surface area contributed by atoms with E-state index in [1.54, 1.807) is 31.7 Å². The van der Waals surface area contributed by atoms with Crippen molar-refractivity contribution in [1.82, 2.24) is 9.88 Å². The summed E-state index contributed by atoms with van der Waals surface area (Å²) in [4.78, 5) is 18.3. The Kier molecular flexibility index (Phi) is 4.75. The summed E-state index contributed by atoms with van der Waals surface area (Å²) < 4.78 is 45.5. The molecule has 4 nitrogen and oxygen atoms in total. The molecular weight excluding hydrogens is 345 g/mol. The van der Waals surface area contributed by atoms with Gasteiger partial charge in [0.15, 0.2) is 0 Å². The van der Waals surface area contributed by atoms with Crippen LogP contribution in [0.3, 0.4) is 0 Å². The van der Waals surface area contributed by atoms with Crippen molar-refractivity contribution in [2.75, 3.05) is 0 Å². The first-order valence-electron chi connectivity index (χ1n) is 8.81. The zero-order valence-corrected chi connectivity index (χ0v) is 15.1. The molecule has 3 heterocycles. The van der Waals surface area contributed by atoms with Gasteiger partial charge >= 0.3 is 12.3 Å². The number of fused-ring (bicyclic) bond motifs is 2. The van der Waals surface area contributed by atoms with Crippen molar-refractivity contribution in [3.63, 3.8) is 0 Å². The Morgan fingerprint density at radius 1 is 1.27 bits per heavy atom. The molecule has 1 aromatic rings. The predicted octanol–water partition coefficient (Wildman–Crippen LogP) is 5.05. The lowest BCUT2D eigenvalue weighted by Crippen LogP contribution is -2.53. The predicted molar refractivity (Wildman–Crippen MR) is 91.3 cm³/mol. The lowest BCUT2D eigenvalue weighted by molar-refractivity contribution is -0.138. The first-order valence-corrected chi connectivity index (χ1v) is 8.81. The van der Waals surface area contributed by atoms with E-state index in [4.69, 9.17) is 4.74 Å². The summed E-state index contributed by atoms with van der Waals surface area (Å²) in [7, 11) is 0. The minimum absolute atomic E-state index is 0.0271. The summed E-state index contributed by atoms with van der Waals surface area (Å²) in [5.41, 5.74) is -0.803. The summed E-state index contributed by atoms with van der Waals surface area (Å²) in [5.74, 6) is 0. The van der Waals surface area contributed by atoms with Crippen LogP contribution in [0.15, 0.2) is 24.4 Å². The molecule has 0 N–H and O–H groups in total. The van der Waals surface area contributed by atoms with Gasteiger partial charge in [0.2, 0.25) is 0 Å². The van der Waals surface area contributed by atoms with E-state index in [9.17, 15) is 18.0 Å². The number of alkyl halides is 3. The number of nitrogens with zero attached hydrogens (tertiary/aromatic N) is 2. The molecule has 2 atom stereocenters. The van der Waals surface area contributed by atoms with Crippen LogP contribution in [0.1, 0.15) is 57.7 Å². The number of rotatable bonds is 1. The van der Waals surface area contributed by atoms with Crippen molar-refractivity contribution in [2.45, 2.75) is 70.3 Å². The van der Waals surface area contributed by atoms with E-state index in [1.165, 1.54) is 12.3 Å². The number of carbonyl (C=O) groups excluding carboxylic acids is 1. The second-order valence-corrected chi connectivity index (χ2v) is 7.83. The SMILES string of the molecule is CC(C)(C)OC(=O)N1C2C=C(c3ncccc3C(F)(F)F)CC1CCC2. The first-order chi connectivity index (χ1) is 12.1. The molecule has 0 aliphatic carbocycles. The molecule has 1 amide bonds. The highest BCUT2D eigenvalue weighted by Gasteiger charge is 2.41. The van der Waals surface area contributed by atoms with E-state index in [2.05, 4.69) is 4.98 Å². The summed E-state index contributed by atoms with van der Waals surface area (Å²) in [6.45, 7) is 5.40. The van der Waals surface area contributed by atoms with Gasteiger partial charge in [-0.1, -0.05) is 6.08 Å². The number of carbonyl (C=O) groups is 1. The van der Waals surface area contributed by atoms with E-state index < -0.39 is 23.4 Å². The Labute approximate surface area is 151 Å². The van der Waals surface area contributed by atoms with Crippen LogP contribution < -0.4 is 0 Å². The average molecular weight is 368 g/mol. The van der Waals surface area contributed by atoms with Crippen LogP contribution in [0, 0.1) is 0 Å². The molecule has 142 valence electrons. The van der Waals surface area contributed by atoms with Crippen molar-refractivity contribution in [3.05, 3.63) is 35.7 Å². The molecule has 3 rings (SSSR count). The normalized spacial score (nSPS) is 23.5. The van der Waals surface area contributed by atoms with Gasteiger partial charge in [-0.2, -0.15) is 13.2 Å². The molecule has 1 fully saturated rings. The maximum Gasteiger partial charge on any atom is 0.418 e. The van der Waals surface area contributed by atoms with Crippen molar-refractivity contribution in [2.24, 2.45) is 0 Å². The molecular formula is C19H23F3N2O2. The summed E-state index contributed by atoms with van der Waals surface area (Å²) in [6, 6.07) is 1.94. The molecule has 0 spiro atoms. The van der Waals surface area contributed by atoms with Crippen LogP contribution >= 0.6 is 0 Å². The molecule has 26 heavy (non-hydrogen) atoms. The maximum absolute atomic E-state index is 13.3. The smallest absolute Gasteiger partial charge is 0.418 e. The van der Waals surface area contributed by atoms with E-state index in [1.807, 2.05) is 0 Å². The number of pyridine rings is 1. The van der Waals surface area contributed by atoms with E-state index in [-0.39, 0.29) is 17.8 Å². The van der Waals surface area contributed by atoms with Gasteiger partial charge in [-0.25, -0.2) is 4.79 Å². The van der Waals surface area contributed by atoms with E-state index in [0.29, 0.717) is 18.4 Å². The molecule has 1 aromatic heterocycles. The number of hydrogen-bond acceptors (Lipinski definition) is 3. The third kappa shape index (κ3) is 3.86. The van der Waals surface area contributed by atoms with Crippen LogP contribution in [0.2, 0.25) is 0 Å². The molecule has 7 heteroatoms. The molecule has 0 saturated carbocycles. The molecule has 1 saturated heterocycles. The Morgan fingerprint density at radius 2 is 2.00 bits per heavy atom. The Bertz CT molecular complexity index is 722. The summed E-state index contributed by atoms with van der Waals surface area (Å²) in [5, 5.41) is 0. The highest BCUT2D eigenvalue weighted by molar-refractivity contribution is 5.74. The van der Waals surface area contributed by atoms with Crippen molar-refractivity contribution >= 4 is 11.7 Å². The van der Waals surface area contributed by atoms with Crippen LogP contribution in [0.25, 0.3) is 5.57 Å². The van der Waals surface area contributed by atoms with Crippen molar-refractivity contribution < 1.29 is 22.7 Å². The highest BCUT2D eigenvalue weighted by Crippen LogP contribution is 2.41. The number of ether oxygens (including phenoxy) is 1. The number of halogens is 3. The summed E-state index contributed by atoms with van der Waals surface area (Å²) >= 11 is 0. The summed E-state index contributed by atoms with van der Waals surface area (Å²) in [6.07, 6.45) is 1.04. The monoisotopic (exact) mass is 368 g/mol. The van der Waals surface area contributed by atoms with E-state index in [0.717, 1.165) is 18.9 Å². The molecule has 2 bridgehead atoms. The fourth-order valence-corrected chi connectivity index (χ4v) is 3.69. The quantitative estimate of drug-likeness (QED) is 0.697. The van der Waals surface area contributed by atoms with Gasteiger partial charge in [-0.05, 0) is 64.2 Å². The van der Waals surface area contributed by atoms with E-state index >= 15 is 0 Å². The van der Waals surface area contributed by atoms with Crippen LogP contribution in [0.5, 0.6) is 0 Å². The standard InChI is InChI=1S/C19H23F3N2O2/c1-18(2,3)26-17(25)24-13-6-4-7-14(24)11-12(10-13)16-15(19(20,21)22)8-5-9-23-16/h5,8-10,13-14H,4,6-7,11H2,1-3H3. The fourth-order valence-electron chi connectivity index (χ4n) is 3.69. The fraction of sp³-hybridized carbons (Fsp3) is 0.579. The van der Waals surface area contributed by atoms with Crippen molar-refractivity contribution in [1.29, 1.82) is 0 Å². The lowest BCUT2D eigenvalue weighted by atomic mass is 9.83. The topological polar surface area (TPSA) is 42.4 Å². The molecule has 2 aliphatic rings. The van der Waals surface area contributed by atoms with Crippen LogP contribution in [-0.4, -0.2) is 33.7 Å². The molecule has 0 radical (unpaired) electrons. The lowest BCUT2D eigenvalue weighted by Gasteiger charge is -2.45. The Balaban J connectivity index is 1.94. The minimum Gasteiger partial charge on any atom is -0.444 e. The van der Waals surface area contributed by atoms with Gasteiger partial charge in [0.25, 0.3) is 0 Å². The van der Waals surface area contributed by atoms with Gasteiger partial charge in [-0.15, -0.1) is 0 Å². The van der Waals surface area contributed by atoms with Gasteiger partial charge in [0.1, 0.15) is 5.60 Å². The number of piperidine rings is 1. The maximum atomic E-state index is 13.3. The zero-order valence-electron chi connectivity index (χ0n) is 15.1. The number of aromatic nitrogens is 1. The number of hydrogen-bond donors (Lipinski definition) is 0. The molecule has 2 aliphatic heterocycles. The van der Waals surface area contributed by atoms with Crippen LogP contribution in [0.4, 0.5) is 18.0 Å². The zero-order chi connectivity index (χ0) is 19.1. The third-order valence-electron chi connectivity index (χ3n) is 4.66. The Hall–Kier alpha value is -2.05. The first kappa shape index (κ1) is 18.7. The number of amides is 1. The average Bonchev–Trinajstić information content (AvgIpc) is 2.51. The molecule has 2 unspecified atom stereocenters. The second-order valence-electron chi connectivity index (χ2n) is 7.83. The third-order valence-corrected chi connectivity index (χ3v) is 4.66. The largest absolute Gasteiger partial charge is 0.444 e. The van der Waals surface area contributed by atoms with Crippen LogP contribution in [-0.2, 0) is 10.9 Å². The van der Waals surface area contributed by atoms with Gasteiger partial charge in [0.05, 0.1) is 17.3 Å². The van der Waals surface area contributed by atoms with Crippen molar-refractivity contribution in [3.8, 4) is 0 Å². The molecule has 0 aromatic carbocycles. The minimum atomic E-state index is -4.46. The van der Waals surface area contributed by atoms with Gasteiger partial charge in [-0.3, -0.25) is 9.88 Å². The highest BCUT2D eigenvalue weighted by atomic mass is 19.4. The Morgan fingerprint density at radius 3 is 2.62 bits per heavy atom. The van der Waals surface area contributed by atoms with Gasteiger partial charge < -0.3 is 4.74 Å². The van der Waals surface area contributed by atoms with Gasteiger partial charge in [0, 0.05) is 12.2 Å². The second kappa shape index (κ2) is 6.59.